The van der Waals surface area contributed by atoms with E-state index in [1.54, 1.807) is 48.0 Å². The standard InChI is InChI=1S/C25H26F4N10O/c1-15-9-21(36-35-15)33-20-10-18(25(27,28)29)11-23(34-20)37-5-7-38(8-6-37)24(40)32-16(2)17-3-4-22(30-12-17)39-14-19(26)13-31-39/h3-4,9-14,16H,5-8H2,1-2H3,(H,32,40)(H2,33,34,35,36)/t16-/m0/s1. The second kappa shape index (κ2) is 10.8. The van der Waals surface area contributed by atoms with E-state index in [0.717, 1.165) is 29.6 Å². The zero-order valence-corrected chi connectivity index (χ0v) is 21.6. The van der Waals surface area contributed by atoms with Crippen LogP contribution in [0.3, 0.4) is 0 Å². The third-order valence-corrected chi connectivity index (χ3v) is 6.39. The maximum atomic E-state index is 13.6. The van der Waals surface area contributed by atoms with Crippen LogP contribution in [0.25, 0.3) is 5.82 Å². The molecule has 0 spiro atoms. The van der Waals surface area contributed by atoms with Gasteiger partial charge in [-0.15, -0.1) is 0 Å². The highest BCUT2D eigenvalue weighted by Crippen LogP contribution is 2.34. The number of nitrogens with one attached hydrogen (secondary N) is 3. The summed E-state index contributed by atoms with van der Waals surface area (Å²) in [6.07, 6.45) is -0.694. The van der Waals surface area contributed by atoms with E-state index >= 15 is 0 Å². The molecule has 3 N–H and O–H groups in total. The maximum Gasteiger partial charge on any atom is 0.416 e. The van der Waals surface area contributed by atoms with Gasteiger partial charge in [-0.1, -0.05) is 6.07 Å². The van der Waals surface area contributed by atoms with Crippen molar-refractivity contribution in [3.05, 3.63) is 71.6 Å². The van der Waals surface area contributed by atoms with Gasteiger partial charge in [0.2, 0.25) is 0 Å². The van der Waals surface area contributed by atoms with Crippen molar-refractivity contribution in [2.24, 2.45) is 0 Å². The van der Waals surface area contributed by atoms with E-state index in [-0.39, 0.29) is 23.7 Å². The summed E-state index contributed by atoms with van der Waals surface area (Å²) in [5.74, 6) is 0.481. The van der Waals surface area contributed by atoms with Gasteiger partial charge in [0.1, 0.15) is 11.6 Å². The molecule has 0 radical (unpaired) electrons. The number of halogens is 4. The van der Waals surface area contributed by atoms with Gasteiger partial charge in [-0.3, -0.25) is 5.10 Å². The average molecular weight is 559 g/mol. The van der Waals surface area contributed by atoms with Gasteiger partial charge in [-0.25, -0.2) is 23.8 Å². The first-order chi connectivity index (χ1) is 19.0. The monoisotopic (exact) mass is 558 g/mol. The van der Waals surface area contributed by atoms with E-state index in [1.165, 1.54) is 10.9 Å². The molecule has 4 aromatic rings. The van der Waals surface area contributed by atoms with Crippen LogP contribution < -0.4 is 15.5 Å². The number of amides is 2. The van der Waals surface area contributed by atoms with Crippen LogP contribution in [-0.4, -0.2) is 67.1 Å². The molecule has 210 valence electrons. The molecule has 2 amide bonds. The summed E-state index contributed by atoms with van der Waals surface area (Å²) in [5.41, 5.74) is 0.653. The predicted octanol–water partition coefficient (Wildman–Crippen LogP) is 4.19. The van der Waals surface area contributed by atoms with Crippen molar-refractivity contribution in [1.29, 1.82) is 0 Å². The Kier molecular flexibility index (Phi) is 7.28. The third-order valence-electron chi connectivity index (χ3n) is 6.39. The number of aryl methyl sites for hydroxylation is 1. The third kappa shape index (κ3) is 6.13. The SMILES string of the molecule is Cc1cc(Nc2cc(C(F)(F)F)cc(N3CCN(C(=O)N[C@@H](C)c4ccc(-n5cc(F)cn5)nc4)CC3)n2)n[nH]1. The van der Waals surface area contributed by atoms with Crippen molar-refractivity contribution < 1.29 is 22.4 Å². The fraction of sp³-hybridized carbons (Fsp3) is 0.320. The summed E-state index contributed by atoms with van der Waals surface area (Å²) in [4.78, 5) is 24.8. The molecular formula is C25H26F4N10O. The molecule has 4 aromatic heterocycles. The Hall–Kier alpha value is -4.69. The fourth-order valence-corrected chi connectivity index (χ4v) is 4.23. The number of pyridine rings is 2. The van der Waals surface area contributed by atoms with Crippen molar-refractivity contribution in [3.63, 3.8) is 0 Å². The zero-order valence-electron chi connectivity index (χ0n) is 21.6. The zero-order chi connectivity index (χ0) is 28.4. The lowest BCUT2D eigenvalue weighted by Crippen LogP contribution is -2.52. The molecule has 15 heteroatoms. The number of H-pyrrole nitrogens is 1. The Morgan fingerprint density at radius 1 is 1.05 bits per heavy atom. The molecule has 40 heavy (non-hydrogen) atoms. The van der Waals surface area contributed by atoms with E-state index < -0.39 is 17.6 Å². The second-order valence-corrected chi connectivity index (χ2v) is 9.36. The Bertz CT molecular complexity index is 1480. The molecule has 5 heterocycles. The number of rotatable bonds is 6. The number of nitrogens with zero attached hydrogens (tertiary/aromatic N) is 7. The van der Waals surface area contributed by atoms with Gasteiger partial charge in [0.05, 0.1) is 24.0 Å². The van der Waals surface area contributed by atoms with Crippen molar-refractivity contribution in [2.45, 2.75) is 26.1 Å². The Balaban J connectivity index is 1.21. The highest BCUT2D eigenvalue weighted by molar-refractivity contribution is 5.75. The molecule has 0 aliphatic carbocycles. The number of carbonyl (C=O) groups excluding carboxylic acids is 1. The van der Waals surface area contributed by atoms with Gasteiger partial charge in [0.25, 0.3) is 0 Å². The quantitative estimate of drug-likeness (QED) is 0.304. The highest BCUT2D eigenvalue weighted by atomic mass is 19.4. The predicted molar refractivity (Wildman–Crippen MR) is 138 cm³/mol. The molecule has 0 bridgehead atoms. The normalized spacial score (nSPS) is 14.8. The maximum absolute atomic E-state index is 13.6. The topological polar surface area (TPSA) is 120 Å². The molecule has 5 rings (SSSR count). The van der Waals surface area contributed by atoms with Gasteiger partial charge in [0, 0.05) is 44.1 Å². The van der Waals surface area contributed by atoms with Gasteiger partial charge in [0.15, 0.2) is 17.5 Å². The van der Waals surface area contributed by atoms with Crippen LogP contribution in [0.2, 0.25) is 0 Å². The van der Waals surface area contributed by atoms with Crippen LogP contribution in [-0.2, 0) is 6.18 Å². The minimum atomic E-state index is -4.56. The van der Waals surface area contributed by atoms with E-state index in [2.05, 4.69) is 35.9 Å². The minimum Gasteiger partial charge on any atom is -0.353 e. The smallest absolute Gasteiger partial charge is 0.353 e. The number of aromatic amines is 1. The fourth-order valence-electron chi connectivity index (χ4n) is 4.23. The summed E-state index contributed by atoms with van der Waals surface area (Å²) in [5, 5.41) is 16.3. The van der Waals surface area contributed by atoms with Crippen molar-refractivity contribution in [1.82, 2.24) is 40.2 Å². The molecule has 1 saturated heterocycles. The van der Waals surface area contributed by atoms with Gasteiger partial charge in [-0.2, -0.15) is 23.4 Å². The number of aromatic nitrogens is 6. The average Bonchev–Trinajstić information content (AvgIpc) is 3.55. The Morgan fingerprint density at radius 3 is 2.42 bits per heavy atom. The first-order valence-corrected chi connectivity index (χ1v) is 12.4. The molecule has 1 aliphatic heterocycles. The van der Waals surface area contributed by atoms with Gasteiger partial charge in [-0.05, 0) is 37.6 Å². The van der Waals surface area contributed by atoms with Crippen LogP contribution in [0.5, 0.6) is 0 Å². The van der Waals surface area contributed by atoms with E-state index in [4.69, 9.17) is 0 Å². The van der Waals surface area contributed by atoms with E-state index in [0.29, 0.717) is 37.8 Å². The lowest BCUT2D eigenvalue weighted by molar-refractivity contribution is -0.137. The molecule has 0 saturated carbocycles. The number of alkyl halides is 3. The van der Waals surface area contributed by atoms with Crippen LogP contribution in [0, 0.1) is 12.7 Å². The van der Waals surface area contributed by atoms with E-state index in [9.17, 15) is 22.4 Å². The van der Waals surface area contributed by atoms with Crippen molar-refractivity contribution >= 4 is 23.5 Å². The lowest BCUT2D eigenvalue weighted by Gasteiger charge is -2.36. The number of piperazine rings is 1. The van der Waals surface area contributed by atoms with Crippen LogP contribution >= 0.6 is 0 Å². The number of hydrogen-bond acceptors (Lipinski definition) is 7. The van der Waals surface area contributed by atoms with Crippen LogP contribution in [0.15, 0.2) is 48.9 Å². The van der Waals surface area contributed by atoms with E-state index in [1.807, 2.05) is 0 Å². The van der Waals surface area contributed by atoms with Crippen molar-refractivity contribution in [3.8, 4) is 5.82 Å². The summed E-state index contributed by atoms with van der Waals surface area (Å²) in [7, 11) is 0. The Morgan fingerprint density at radius 2 is 1.82 bits per heavy atom. The van der Waals surface area contributed by atoms with Crippen LogP contribution in [0.4, 0.5) is 39.8 Å². The number of urea groups is 1. The number of anilines is 3. The molecule has 1 fully saturated rings. The lowest BCUT2D eigenvalue weighted by atomic mass is 10.1. The largest absolute Gasteiger partial charge is 0.416 e. The molecule has 11 nitrogen and oxygen atoms in total. The molecule has 0 aromatic carbocycles. The molecule has 1 atom stereocenters. The Labute approximate surface area is 226 Å². The number of carbonyl (C=O) groups is 1. The van der Waals surface area contributed by atoms with Gasteiger partial charge >= 0.3 is 12.2 Å². The minimum absolute atomic E-state index is 0.0163. The first kappa shape index (κ1) is 26.9. The second-order valence-electron chi connectivity index (χ2n) is 9.36. The summed E-state index contributed by atoms with van der Waals surface area (Å²) in [6.45, 7) is 4.76. The van der Waals surface area contributed by atoms with Crippen LogP contribution in [0.1, 0.15) is 29.8 Å². The molecular weight excluding hydrogens is 532 g/mol. The highest BCUT2D eigenvalue weighted by Gasteiger charge is 2.33. The summed E-state index contributed by atoms with van der Waals surface area (Å²) >= 11 is 0. The summed E-state index contributed by atoms with van der Waals surface area (Å²) in [6, 6.07) is 6.36. The molecule has 1 aliphatic rings. The summed E-state index contributed by atoms with van der Waals surface area (Å²) < 4.78 is 55.4. The number of hydrogen-bond donors (Lipinski definition) is 3. The van der Waals surface area contributed by atoms with Gasteiger partial charge < -0.3 is 20.4 Å². The van der Waals surface area contributed by atoms with Crippen molar-refractivity contribution in [2.75, 3.05) is 36.4 Å². The molecule has 0 unspecified atom stereocenters. The first-order valence-electron chi connectivity index (χ1n) is 12.4.